The Morgan fingerprint density at radius 2 is 0.806 bits per heavy atom. The number of hydrogen-bond acceptors (Lipinski definition) is 4. The number of fused-ring (bicyclic) bond motifs is 12. The lowest BCUT2D eigenvalue weighted by atomic mass is 9.92. The average molecular weight is 791 g/mol. The van der Waals surface area contributed by atoms with E-state index < -0.39 is 0 Å². The molecule has 0 fully saturated rings. The van der Waals surface area contributed by atoms with Crippen LogP contribution < -0.4 is 0 Å². The van der Waals surface area contributed by atoms with Gasteiger partial charge in [-0.1, -0.05) is 182 Å². The van der Waals surface area contributed by atoms with Crippen molar-refractivity contribution in [3.05, 3.63) is 206 Å². The van der Waals surface area contributed by atoms with Crippen LogP contribution in [0.1, 0.15) is 0 Å². The Morgan fingerprint density at radius 3 is 1.40 bits per heavy atom. The van der Waals surface area contributed by atoms with E-state index in [4.69, 9.17) is 19.4 Å². The van der Waals surface area contributed by atoms with Gasteiger partial charge < -0.3 is 4.42 Å². The first-order valence-electron chi connectivity index (χ1n) is 20.9. The van der Waals surface area contributed by atoms with Gasteiger partial charge in [0.2, 0.25) is 5.95 Å². The van der Waals surface area contributed by atoms with Gasteiger partial charge in [0, 0.05) is 27.1 Å². The van der Waals surface area contributed by atoms with Crippen LogP contribution in [0.4, 0.5) is 0 Å². The van der Waals surface area contributed by atoms with Crippen molar-refractivity contribution in [1.82, 2.24) is 19.5 Å². The highest BCUT2D eigenvalue weighted by Crippen LogP contribution is 2.46. The Morgan fingerprint density at radius 1 is 0.339 bits per heavy atom. The quantitative estimate of drug-likeness (QED) is 0.174. The molecule has 5 heteroatoms. The molecular formula is C57H34N4O. The molecule has 0 N–H and O–H groups in total. The molecule has 0 aliphatic carbocycles. The second kappa shape index (κ2) is 13.6. The van der Waals surface area contributed by atoms with E-state index in [1.54, 1.807) is 0 Å². The lowest BCUT2D eigenvalue weighted by molar-refractivity contribution is 0.669. The first-order valence-corrected chi connectivity index (χ1v) is 20.9. The summed E-state index contributed by atoms with van der Waals surface area (Å²) in [5, 5.41) is 11.3. The molecule has 3 heterocycles. The Balaban J connectivity index is 1.22. The van der Waals surface area contributed by atoms with E-state index in [9.17, 15) is 0 Å². The maximum absolute atomic E-state index is 6.78. The van der Waals surface area contributed by atoms with Crippen LogP contribution in [0.25, 0.3) is 127 Å². The Hall–Kier alpha value is -8.41. The highest BCUT2D eigenvalue weighted by Gasteiger charge is 2.25. The fourth-order valence-corrected chi connectivity index (χ4v) is 9.70. The molecule has 0 unspecified atom stereocenters. The van der Waals surface area contributed by atoms with Crippen molar-refractivity contribution in [2.24, 2.45) is 0 Å². The highest BCUT2D eigenvalue weighted by atomic mass is 16.3. The van der Waals surface area contributed by atoms with Gasteiger partial charge in [-0.3, -0.25) is 4.57 Å². The zero-order valence-corrected chi connectivity index (χ0v) is 33.3. The highest BCUT2D eigenvalue weighted by molar-refractivity contribution is 6.31. The number of rotatable bonds is 5. The Kier molecular flexibility index (Phi) is 7.54. The monoisotopic (exact) mass is 790 g/mol. The number of furan rings is 1. The predicted molar refractivity (Wildman–Crippen MR) is 256 cm³/mol. The molecule has 0 amide bonds. The molecule has 0 saturated carbocycles. The minimum Gasteiger partial charge on any atom is -0.455 e. The number of nitrogens with zero attached hydrogens (tertiary/aromatic N) is 4. The summed E-state index contributed by atoms with van der Waals surface area (Å²) in [6.07, 6.45) is 0. The van der Waals surface area contributed by atoms with Crippen molar-refractivity contribution in [3.8, 4) is 51.0 Å². The van der Waals surface area contributed by atoms with Crippen LogP contribution in [0.15, 0.2) is 211 Å². The third-order valence-electron chi connectivity index (χ3n) is 12.4. The normalized spacial score (nSPS) is 11.9. The number of aromatic nitrogens is 4. The summed E-state index contributed by atoms with van der Waals surface area (Å²) in [7, 11) is 0. The number of benzene rings is 10. The van der Waals surface area contributed by atoms with Gasteiger partial charge in [-0.05, 0) is 78.8 Å². The molecule has 0 radical (unpaired) electrons. The molecule has 0 bridgehead atoms. The maximum atomic E-state index is 6.78. The molecule has 13 rings (SSSR count). The summed E-state index contributed by atoms with van der Waals surface area (Å²) in [4.78, 5) is 16.3. The van der Waals surface area contributed by atoms with Crippen LogP contribution in [0.2, 0.25) is 0 Å². The summed E-state index contributed by atoms with van der Waals surface area (Å²) >= 11 is 0. The molecule has 5 nitrogen and oxygen atoms in total. The topological polar surface area (TPSA) is 56.7 Å². The summed E-state index contributed by atoms with van der Waals surface area (Å²) < 4.78 is 9.06. The molecule has 3 aromatic heterocycles. The van der Waals surface area contributed by atoms with E-state index in [1.165, 1.54) is 21.5 Å². The van der Waals surface area contributed by atoms with Crippen molar-refractivity contribution in [1.29, 1.82) is 0 Å². The minimum atomic E-state index is 0.523. The first-order chi connectivity index (χ1) is 30.8. The van der Waals surface area contributed by atoms with Crippen LogP contribution in [-0.4, -0.2) is 19.5 Å². The van der Waals surface area contributed by atoms with Crippen molar-refractivity contribution in [2.75, 3.05) is 0 Å². The van der Waals surface area contributed by atoms with E-state index in [2.05, 4.69) is 180 Å². The van der Waals surface area contributed by atoms with Gasteiger partial charge in [0.15, 0.2) is 11.6 Å². The lowest BCUT2D eigenvalue weighted by Gasteiger charge is -2.14. The van der Waals surface area contributed by atoms with Crippen LogP contribution in [0.3, 0.4) is 0 Å². The second-order valence-corrected chi connectivity index (χ2v) is 15.9. The first kappa shape index (κ1) is 34.5. The molecule has 0 spiro atoms. The van der Waals surface area contributed by atoms with Crippen LogP contribution in [-0.2, 0) is 0 Å². The minimum absolute atomic E-state index is 0.523. The fraction of sp³-hybridized carbons (Fsp3) is 0. The third-order valence-corrected chi connectivity index (χ3v) is 12.4. The largest absolute Gasteiger partial charge is 0.455 e. The van der Waals surface area contributed by atoms with Gasteiger partial charge >= 0.3 is 0 Å². The zero-order valence-electron chi connectivity index (χ0n) is 33.3. The zero-order chi connectivity index (χ0) is 40.7. The molecule has 0 atom stereocenters. The smallest absolute Gasteiger partial charge is 0.238 e. The van der Waals surface area contributed by atoms with Gasteiger partial charge in [-0.25, -0.2) is 4.98 Å². The maximum Gasteiger partial charge on any atom is 0.238 e. The van der Waals surface area contributed by atoms with E-state index >= 15 is 0 Å². The summed E-state index contributed by atoms with van der Waals surface area (Å²) in [6.45, 7) is 0. The number of para-hydroxylation sites is 1. The average Bonchev–Trinajstić information content (AvgIpc) is 3.91. The van der Waals surface area contributed by atoms with Gasteiger partial charge in [0.1, 0.15) is 11.2 Å². The second-order valence-electron chi connectivity index (χ2n) is 15.9. The summed E-state index contributed by atoms with van der Waals surface area (Å²) in [5.74, 6) is 1.63. The van der Waals surface area contributed by atoms with Crippen molar-refractivity contribution >= 4 is 76.1 Å². The summed E-state index contributed by atoms with van der Waals surface area (Å²) in [5.41, 5.74) is 9.85. The van der Waals surface area contributed by atoms with E-state index in [0.717, 1.165) is 87.9 Å². The summed E-state index contributed by atoms with van der Waals surface area (Å²) in [6, 6.07) is 72.7. The SMILES string of the molecule is c1ccc(-c2nc(-c3cc4ccccc4c4c3oc3ccccc34)nc(-n3c4cc(-c5ccccc5)c5ccccc5c4c4c5ccccc5c(-c5ccccc5)cc43)n2)cc1. The van der Waals surface area contributed by atoms with Crippen LogP contribution in [0, 0.1) is 0 Å². The van der Waals surface area contributed by atoms with E-state index in [-0.39, 0.29) is 0 Å². The Labute approximate surface area is 355 Å². The third kappa shape index (κ3) is 5.18. The van der Waals surface area contributed by atoms with E-state index in [0.29, 0.717) is 17.6 Å². The molecule has 0 saturated heterocycles. The van der Waals surface area contributed by atoms with Gasteiger partial charge in [-0.2, -0.15) is 9.97 Å². The molecular weight excluding hydrogens is 757 g/mol. The number of hydrogen-bond donors (Lipinski definition) is 0. The van der Waals surface area contributed by atoms with E-state index in [1.807, 2.05) is 30.3 Å². The van der Waals surface area contributed by atoms with Crippen molar-refractivity contribution in [2.45, 2.75) is 0 Å². The molecule has 288 valence electrons. The molecule has 0 aliphatic heterocycles. The molecule has 13 aromatic rings. The lowest BCUT2D eigenvalue weighted by Crippen LogP contribution is -2.07. The van der Waals surface area contributed by atoms with Gasteiger partial charge in [0.25, 0.3) is 0 Å². The Bertz CT molecular complexity index is 3770. The standard InChI is InChI=1S/C57H34N4O/c1-4-18-35(19-5-1)45-33-48-52(42-28-14-12-26-40(42)45)53-43-29-15-13-27-41(43)46(36-20-6-2-7-21-36)34-49(53)61(48)57-59-55(37-22-8-3-9-23-37)58-56(60-57)47-32-38-24-10-11-25-39(38)51-44-30-16-17-31-50(44)62-54(47)51/h1-34H. The fourth-order valence-electron chi connectivity index (χ4n) is 9.70. The molecule has 62 heavy (non-hydrogen) atoms. The van der Waals surface area contributed by atoms with Gasteiger partial charge in [0.05, 0.1) is 16.6 Å². The van der Waals surface area contributed by atoms with Crippen molar-refractivity contribution < 1.29 is 4.42 Å². The van der Waals surface area contributed by atoms with Crippen LogP contribution >= 0.6 is 0 Å². The predicted octanol–water partition coefficient (Wildman–Crippen LogP) is 15.0. The van der Waals surface area contributed by atoms with Crippen molar-refractivity contribution in [3.63, 3.8) is 0 Å². The molecule has 0 aliphatic rings. The molecule has 10 aromatic carbocycles. The van der Waals surface area contributed by atoms with Crippen LogP contribution in [0.5, 0.6) is 0 Å². The van der Waals surface area contributed by atoms with Gasteiger partial charge in [-0.15, -0.1) is 0 Å².